The quantitative estimate of drug-likeness (QED) is 0.891. The molecular weight excluding hydrogens is 298 g/mol. The van der Waals surface area contributed by atoms with Crippen LogP contribution in [-0.4, -0.2) is 34.4 Å². The Morgan fingerprint density at radius 1 is 1.23 bits per heavy atom. The van der Waals surface area contributed by atoms with Crippen LogP contribution in [0.15, 0.2) is 30.3 Å². The van der Waals surface area contributed by atoms with Gasteiger partial charge in [-0.05, 0) is 37.0 Å². The predicted octanol–water partition coefficient (Wildman–Crippen LogP) is 4.33. The maximum absolute atomic E-state index is 6.09. The third kappa shape index (κ3) is 3.62. The smallest absolute Gasteiger partial charge is 0.234 e. The van der Waals surface area contributed by atoms with E-state index < -0.39 is 0 Å². The number of nitrogens with zero attached hydrogens (tertiary/aromatic N) is 2. The van der Waals surface area contributed by atoms with Gasteiger partial charge >= 0.3 is 0 Å². The molecule has 118 valence electrons. The molecule has 4 nitrogen and oxygen atoms in total. The summed E-state index contributed by atoms with van der Waals surface area (Å²) < 4.78 is 6.09. The van der Waals surface area contributed by atoms with E-state index in [1.807, 2.05) is 30.3 Å². The van der Waals surface area contributed by atoms with Crippen molar-refractivity contribution in [2.75, 3.05) is 13.1 Å². The zero-order valence-corrected chi connectivity index (χ0v) is 13.6. The van der Waals surface area contributed by atoms with E-state index in [0.29, 0.717) is 5.88 Å². The Hall–Kier alpha value is -1.52. The van der Waals surface area contributed by atoms with Gasteiger partial charge in [-0.25, -0.2) is 0 Å². The average molecular weight is 320 g/mol. The minimum absolute atomic E-state index is 0.113. The molecule has 1 aromatic carbocycles. The molecule has 2 aromatic rings. The molecule has 0 spiro atoms. The Bertz CT molecular complexity index is 590. The number of hydrogen-bond acceptors (Lipinski definition) is 3. The summed E-state index contributed by atoms with van der Waals surface area (Å²) in [6, 6.07) is 9.65. The summed E-state index contributed by atoms with van der Waals surface area (Å²) in [6.07, 6.45) is 4.92. The normalized spacial score (nSPS) is 17.4. The molecule has 0 aliphatic carbocycles. The first-order valence-corrected chi connectivity index (χ1v) is 8.36. The first-order chi connectivity index (χ1) is 10.8. The Morgan fingerprint density at radius 2 is 1.95 bits per heavy atom. The maximum Gasteiger partial charge on any atom is 0.234 e. The van der Waals surface area contributed by atoms with Crippen molar-refractivity contribution in [2.24, 2.45) is 0 Å². The van der Waals surface area contributed by atoms with Crippen molar-refractivity contribution < 1.29 is 4.74 Å². The van der Waals surface area contributed by atoms with Gasteiger partial charge in [0.15, 0.2) is 6.23 Å². The second kappa shape index (κ2) is 7.16. The summed E-state index contributed by atoms with van der Waals surface area (Å²) in [5, 5.41) is 8.06. The van der Waals surface area contributed by atoms with Crippen molar-refractivity contribution in [1.82, 2.24) is 15.1 Å². The van der Waals surface area contributed by atoms with Gasteiger partial charge in [-0.3, -0.25) is 10.00 Å². The summed E-state index contributed by atoms with van der Waals surface area (Å²) in [7, 11) is 0. The lowest BCUT2D eigenvalue weighted by Gasteiger charge is -2.33. The fourth-order valence-corrected chi connectivity index (χ4v) is 3.03. The number of benzene rings is 1. The summed E-state index contributed by atoms with van der Waals surface area (Å²) >= 11 is 5.92. The molecule has 1 fully saturated rings. The predicted molar refractivity (Wildman–Crippen MR) is 89.2 cm³/mol. The van der Waals surface area contributed by atoms with Crippen LogP contribution in [0.3, 0.4) is 0 Å². The number of piperidine rings is 1. The number of aromatic amines is 1. The van der Waals surface area contributed by atoms with E-state index in [1.165, 1.54) is 19.3 Å². The third-order valence-electron chi connectivity index (χ3n) is 4.11. The van der Waals surface area contributed by atoms with Gasteiger partial charge in [0.2, 0.25) is 5.88 Å². The first-order valence-electron chi connectivity index (χ1n) is 7.98. The molecule has 0 radical (unpaired) electrons. The van der Waals surface area contributed by atoms with Crippen LogP contribution in [0.4, 0.5) is 0 Å². The van der Waals surface area contributed by atoms with Gasteiger partial charge in [-0.2, -0.15) is 0 Å². The zero-order valence-electron chi connectivity index (χ0n) is 12.9. The number of nitrogens with one attached hydrogen (secondary N) is 1. The van der Waals surface area contributed by atoms with Crippen LogP contribution >= 0.6 is 11.6 Å². The average Bonchev–Trinajstić information content (AvgIpc) is 3.03. The molecule has 1 aromatic heterocycles. The van der Waals surface area contributed by atoms with Crippen LogP contribution in [0.5, 0.6) is 5.88 Å². The Morgan fingerprint density at radius 3 is 2.64 bits per heavy atom. The second-order valence-electron chi connectivity index (χ2n) is 5.70. The van der Waals surface area contributed by atoms with Gasteiger partial charge < -0.3 is 4.74 Å². The van der Waals surface area contributed by atoms with Crippen LogP contribution in [-0.2, 0) is 0 Å². The molecule has 22 heavy (non-hydrogen) atoms. The van der Waals surface area contributed by atoms with Crippen molar-refractivity contribution in [3.8, 4) is 17.1 Å². The van der Waals surface area contributed by atoms with E-state index >= 15 is 0 Å². The minimum Gasteiger partial charge on any atom is -0.457 e. The van der Waals surface area contributed by atoms with Crippen LogP contribution in [0, 0.1) is 0 Å². The highest BCUT2D eigenvalue weighted by Crippen LogP contribution is 2.24. The van der Waals surface area contributed by atoms with Crippen LogP contribution in [0.25, 0.3) is 11.3 Å². The summed E-state index contributed by atoms with van der Waals surface area (Å²) in [5.74, 6) is 0.655. The molecule has 1 unspecified atom stereocenters. The zero-order chi connectivity index (χ0) is 15.4. The van der Waals surface area contributed by atoms with Crippen molar-refractivity contribution >= 4 is 11.6 Å². The fourth-order valence-electron chi connectivity index (χ4n) is 2.90. The lowest BCUT2D eigenvalue weighted by molar-refractivity contribution is 0.00674. The lowest BCUT2D eigenvalue weighted by Crippen LogP contribution is -2.42. The standard InChI is InChI=1S/C17H22ClN3O/c1-2-17(21-10-4-3-5-11-21)22-16-12-15(19-20-16)13-6-8-14(18)9-7-13/h6-9,12,17H,2-5,10-11H2,1H3,(H,19,20). The number of rotatable bonds is 5. The van der Waals surface area contributed by atoms with E-state index in [1.54, 1.807) is 0 Å². The van der Waals surface area contributed by atoms with Crippen LogP contribution in [0.1, 0.15) is 32.6 Å². The molecule has 1 aliphatic rings. The molecule has 0 bridgehead atoms. The molecule has 5 heteroatoms. The summed E-state index contributed by atoms with van der Waals surface area (Å²) in [6.45, 7) is 4.39. The molecule has 2 heterocycles. The van der Waals surface area contributed by atoms with Crippen LogP contribution in [0.2, 0.25) is 5.02 Å². The van der Waals surface area contributed by atoms with Gasteiger partial charge in [0.1, 0.15) is 0 Å². The number of halogens is 1. The van der Waals surface area contributed by atoms with Crippen LogP contribution < -0.4 is 4.74 Å². The van der Waals surface area contributed by atoms with Crippen molar-refractivity contribution in [3.05, 3.63) is 35.4 Å². The fraction of sp³-hybridized carbons (Fsp3) is 0.471. The van der Waals surface area contributed by atoms with E-state index in [9.17, 15) is 0 Å². The molecule has 1 N–H and O–H groups in total. The number of aromatic nitrogens is 2. The minimum atomic E-state index is 0.113. The van der Waals surface area contributed by atoms with E-state index in [4.69, 9.17) is 16.3 Å². The summed E-state index contributed by atoms with van der Waals surface area (Å²) in [4.78, 5) is 2.42. The number of hydrogen-bond donors (Lipinski definition) is 1. The first kappa shape index (κ1) is 15.4. The highest BCUT2D eigenvalue weighted by molar-refractivity contribution is 6.30. The molecule has 1 aliphatic heterocycles. The van der Waals surface area contributed by atoms with E-state index in [0.717, 1.165) is 35.8 Å². The highest BCUT2D eigenvalue weighted by atomic mass is 35.5. The Balaban J connectivity index is 1.68. The molecular formula is C17H22ClN3O. The third-order valence-corrected chi connectivity index (χ3v) is 4.37. The number of ether oxygens (including phenoxy) is 1. The van der Waals surface area contributed by atoms with Gasteiger partial charge in [0.25, 0.3) is 0 Å². The second-order valence-corrected chi connectivity index (χ2v) is 6.14. The van der Waals surface area contributed by atoms with Crippen molar-refractivity contribution in [3.63, 3.8) is 0 Å². The largest absolute Gasteiger partial charge is 0.457 e. The SMILES string of the molecule is CCC(Oc1cc(-c2ccc(Cl)cc2)[nH]n1)N1CCCCC1. The van der Waals surface area contributed by atoms with Gasteiger partial charge in [0, 0.05) is 24.2 Å². The van der Waals surface area contributed by atoms with Crippen molar-refractivity contribution in [2.45, 2.75) is 38.8 Å². The molecule has 0 saturated carbocycles. The number of likely N-dealkylation sites (tertiary alicyclic amines) is 1. The molecule has 1 atom stereocenters. The monoisotopic (exact) mass is 319 g/mol. The van der Waals surface area contributed by atoms with E-state index in [-0.39, 0.29) is 6.23 Å². The molecule has 3 rings (SSSR count). The molecule has 1 saturated heterocycles. The Kier molecular flexibility index (Phi) is 5.01. The Labute approximate surface area is 136 Å². The topological polar surface area (TPSA) is 41.1 Å². The van der Waals surface area contributed by atoms with Gasteiger partial charge in [-0.1, -0.05) is 37.1 Å². The van der Waals surface area contributed by atoms with Gasteiger partial charge in [0.05, 0.1) is 5.69 Å². The van der Waals surface area contributed by atoms with E-state index in [2.05, 4.69) is 22.0 Å². The lowest BCUT2D eigenvalue weighted by atomic mass is 10.1. The number of H-pyrrole nitrogens is 1. The highest BCUT2D eigenvalue weighted by Gasteiger charge is 2.21. The summed E-state index contributed by atoms with van der Waals surface area (Å²) in [5.41, 5.74) is 2.00. The van der Waals surface area contributed by atoms with Gasteiger partial charge in [-0.15, -0.1) is 5.10 Å². The maximum atomic E-state index is 6.09. The molecule has 0 amide bonds. The van der Waals surface area contributed by atoms with Crippen molar-refractivity contribution in [1.29, 1.82) is 0 Å².